The molecule has 0 radical (unpaired) electrons. The second kappa shape index (κ2) is 8.60. The third-order valence-corrected chi connectivity index (χ3v) is 5.15. The first-order valence-electron chi connectivity index (χ1n) is 9.11. The van der Waals surface area contributed by atoms with Gasteiger partial charge in [-0.1, -0.05) is 18.5 Å². The maximum atomic E-state index is 12.9. The fourth-order valence-corrected chi connectivity index (χ4v) is 3.49. The molecular weight excluding hydrogens is 352 g/mol. The van der Waals surface area contributed by atoms with Crippen molar-refractivity contribution in [3.8, 4) is 11.4 Å². The van der Waals surface area contributed by atoms with Gasteiger partial charge in [0.1, 0.15) is 0 Å². The van der Waals surface area contributed by atoms with Crippen LogP contribution in [0.3, 0.4) is 0 Å². The van der Waals surface area contributed by atoms with Gasteiger partial charge in [0.2, 0.25) is 11.7 Å². The van der Waals surface area contributed by atoms with Crippen LogP contribution < -0.4 is 5.32 Å². The number of piperidine rings is 1. The molecule has 0 aliphatic carbocycles. The number of likely N-dealkylation sites (tertiary alicyclic amines) is 1. The van der Waals surface area contributed by atoms with Crippen molar-refractivity contribution in [2.45, 2.75) is 32.2 Å². The quantitative estimate of drug-likeness (QED) is 0.837. The van der Waals surface area contributed by atoms with Crippen LogP contribution in [0, 0.1) is 5.92 Å². The Labute approximate surface area is 158 Å². The average Bonchev–Trinajstić information content (AvgIpc) is 3.13. The second-order valence-electron chi connectivity index (χ2n) is 6.69. The molecule has 8 heteroatoms. The Morgan fingerprint density at radius 3 is 2.62 bits per heavy atom. The van der Waals surface area contributed by atoms with E-state index in [-0.39, 0.29) is 5.91 Å². The summed E-state index contributed by atoms with van der Waals surface area (Å²) in [5, 5.41) is 16.6. The lowest BCUT2D eigenvalue weighted by atomic mass is 9.96. The monoisotopic (exact) mass is 376 g/mol. The minimum Gasteiger partial charge on any atom is -0.341 e. The zero-order valence-electron chi connectivity index (χ0n) is 15.2. The van der Waals surface area contributed by atoms with Gasteiger partial charge in [-0.15, -0.1) is 10.2 Å². The summed E-state index contributed by atoms with van der Waals surface area (Å²) in [7, 11) is 1.97. The zero-order valence-corrected chi connectivity index (χ0v) is 16.0. The number of hydrogen-bond donors (Lipinski definition) is 1. The molecule has 1 aromatic carbocycles. The van der Waals surface area contributed by atoms with E-state index in [4.69, 9.17) is 11.6 Å². The van der Waals surface area contributed by atoms with E-state index in [1.165, 1.54) is 4.80 Å². The molecule has 1 saturated heterocycles. The van der Waals surface area contributed by atoms with Gasteiger partial charge in [0.25, 0.3) is 0 Å². The average molecular weight is 377 g/mol. The highest BCUT2D eigenvalue weighted by atomic mass is 35.5. The molecule has 1 fully saturated rings. The number of hydrogen-bond acceptors (Lipinski definition) is 5. The molecule has 3 rings (SSSR count). The van der Waals surface area contributed by atoms with Crippen LogP contribution in [0.25, 0.3) is 11.4 Å². The first-order chi connectivity index (χ1) is 12.6. The minimum absolute atomic E-state index is 0.0791. The van der Waals surface area contributed by atoms with Crippen LogP contribution in [0.4, 0.5) is 0 Å². The van der Waals surface area contributed by atoms with E-state index in [0.717, 1.165) is 38.0 Å². The van der Waals surface area contributed by atoms with Crippen molar-refractivity contribution in [3.05, 3.63) is 29.3 Å². The number of halogens is 1. The highest BCUT2D eigenvalue weighted by Gasteiger charge is 2.29. The van der Waals surface area contributed by atoms with Gasteiger partial charge >= 0.3 is 0 Å². The summed E-state index contributed by atoms with van der Waals surface area (Å²) in [6.45, 7) is 4.57. The van der Waals surface area contributed by atoms with E-state index in [0.29, 0.717) is 23.2 Å². The van der Waals surface area contributed by atoms with E-state index < -0.39 is 6.04 Å². The fourth-order valence-electron chi connectivity index (χ4n) is 3.37. The Bertz CT molecular complexity index is 724. The van der Waals surface area contributed by atoms with Crippen LogP contribution in [0.1, 0.15) is 32.2 Å². The van der Waals surface area contributed by atoms with Crippen LogP contribution in [0.15, 0.2) is 24.3 Å². The van der Waals surface area contributed by atoms with Gasteiger partial charge in [-0.3, -0.25) is 4.79 Å². The molecule has 0 bridgehead atoms. The Balaban J connectivity index is 1.69. The van der Waals surface area contributed by atoms with Crippen molar-refractivity contribution >= 4 is 17.5 Å². The zero-order chi connectivity index (χ0) is 18.5. The molecule has 140 valence electrons. The summed E-state index contributed by atoms with van der Waals surface area (Å²) in [5.74, 6) is 1.22. The van der Waals surface area contributed by atoms with E-state index in [1.807, 2.05) is 31.0 Å². The van der Waals surface area contributed by atoms with Gasteiger partial charge in [0.05, 0.1) is 0 Å². The van der Waals surface area contributed by atoms with E-state index in [9.17, 15) is 4.79 Å². The summed E-state index contributed by atoms with van der Waals surface area (Å²) in [4.78, 5) is 16.3. The molecule has 2 aromatic rings. The molecule has 0 saturated carbocycles. The van der Waals surface area contributed by atoms with E-state index in [1.54, 1.807) is 12.1 Å². The first kappa shape index (κ1) is 18.8. The summed E-state index contributed by atoms with van der Waals surface area (Å²) in [6.07, 6.45) is 2.69. The lowest BCUT2D eigenvalue weighted by Gasteiger charge is -2.33. The lowest BCUT2D eigenvalue weighted by molar-refractivity contribution is -0.137. The number of aromatic nitrogens is 4. The van der Waals surface area contributed by atoms with Gasteiger partial charge in [0.15, 0.2) is 6.04 Å². The molecule has 1 unspecified atom stereocenters. The van der Waals surface area contributed by atoms with Crippen LogP contribution in [-0.2, 0) is 4.79 Å². The molecule has 26 heavy (non-hydrogen) atoms. The van der Waals surface area contributed by atoms with Crippen molar-refractivity contribution < 1.29 is 4.79 Å². The van der Waals surface area contributed by atoms with Crippen LogP contribution >= 0.6 is 11.6 Å². The van der Waals surface area contributed by atoms with Gasteiger partial charge < -0.3 is 10.2 Å². The molecule has 2 heterocycles. The van der Waals surface area contributed by atoms with Crippen LogP contribution in [-0.4, -0.2) is 57.7 Å². The maximum absolute atomic E-state index is 12.9. The Hall–Kier alpha value is -1.99. The molecule has 1 N–H and O–H groups in total. The number of rotatable bonds is 6. The van der Waals surface area contributed by atoms with Crippen molar-refractivity contribution in [2.75, 3.05) is 26.7 Å². The number of carbonyl (C=O) groups is 1. The third-order valence-electron chi connectivity index (χ3n) is 4.90. The fraction of sp³-hybridized carbons (Fsp3) is 0.556. The standard InChI is InChI=1S/C18H25ClN6O/c1-3-16(18(26)24-10-8-13(9-11-24)12-20-2)25-22-17(21-23-25)14-4-6-15(19)7-5-14/h4-7,13,16,20H,3,8-12H2,1-2H3. The smallest absolute Gasteiger partial charge is 0.249 e. The Kier molecular flexibility index (Phi) is 6.21. The summed E-state index contributed by atoms with van der Waals surface area (Å²) < 4.78 is 0. The van der Waals surface area contributed by atoms with E-state index >= 15 is 0 Å². The SMILES string of the molecule is CCC(C(=O)N1CCC(CNC)CC1)n1nnc(-c2ccc(Cl)cc2)n1. The predicted octanol–water partition coefficient (Wildman–Crippen LogP) is 2.40. The van der Waals surface area contributed by atoms with Crippen LogP contribution in [0.5, 0.6) is 0 Å². The minimum atomic E-state index is -0.413. The van der Waals surface area contributed by atoms with Gasteiger partial charge in [0, 0.05) is 23.7 Å². The molecule has 0 spiro atoms. The second-order valence-corrected chi connectivity index (χ2v) is 7.13. The summed E-state index contributed by atoms with van der Waals surface area (Å²) in [5.41, 5.74) is 0.829. The topological polar surface area (TPSA) is 75.9 Å². The number of benzene rings is 1. The van der Waals surface area contributed by atoms with Crippen molar-refractivity contribution in [1.82, 2.24) is 30.4 Å². The molecule has 1 aromatic heterocycles. The normalized spacial score (nSPS) is 16.7. The molecule has 7 nitrogen and oxygen atoms in total. The van der Waals surface area contributed by atoms with Crippen LogP contribution in [0.2, 0.25) is 5.02 Å². The predicted molar refractivity (Wildman–Crippen MR) is 101 cm³/mol. The van der Waals surface area contributed by atoms with Crippen molar-refractivity contribution in [3.63, 3.8) is 0 Å². The summed E-state index contributed by atoms with van der Waals surface area (Å²) in [6, 6.07) is 6.85. The number of tetrazole rings is 1. The first-order valence-corrected chi connectivity index (χ1v) is 9.49. The van der Waals surface area contributed by atoms with Gasteiger partial charge in [-0.2, -0.15) is 4.80 Å². The Morgan fingerprint density at radius 2 is 2.00 bits per heavy atom. The van der Waals surface area contributed by atoms with Crippen molar-refractivity contribution in [1.29, 1.82) is 0 Å². The number of nitrogens with one attached hydrogen (secondary N) is 1. The lowest BCUT2D eigenvalue weighted by Crippen LogP contribution is -2.44. The maximum Gasteiger partial charge on any atom is 0.249 e. The summed E-state index contributed by atoms with van der Waals surface area (Å²) >= 11 is 5.92. The molecule has 1 atom stereocenters. The highest BCUT2D eigenvalue weighted by Crippen LogP contribution is 2.22. The number of carbonyl (C=O) groups excluding carboxylic acids is 1. The number of nitrogens with zero attached hydrogens (tertiary/aromatic N) is 5. The molecule has 1 aliphatic heterocycles. The Morgan fingerprint density at radius 1 is 1.31 bits per heavy atom. The molecule has 1 aliphatic rings. The molecular formula is C18H25ClN6O. The highest BCUT2D eigenvalue weighted by molar-refractivity contribution is 6.30. The number of amides is 1. The molecule has 1 amide bonds. The van der Waals surface area contributed by atoms with E-state index in [2.05, 4.69) is 20.7 Å². The largest absolute Gasteiger partial charge is 0.341 e. The van der Waals surface area contributed by atoms with Gasteiger partial charge in [-0.05, 0) is 68.3 Å². The van der Waals surface area contributed by atoms with Crippen molar-refractivity contribution in [2.24, 2.45) is 5.92 Å². The van der Waals surface area contributed by atoms with Gasteiger partial charge in [-0.25, -0.2) is 0 Å². The third kappa shape index (κ3) is 4.22.